The van der Waals surface area contributed by atoms with Gasteiger partial charge >= 0.3 is 11.9 Å². The molecule has 0 fully saturated rings. The van der Waals surface area contributed by atoms with E-state index in [1.165, 1.54) is 18.2 Å². The van der Waals surface area contributed by atoms with Crippen LogP contribution in [-0.4, -0.2) is 23.7 Å². The molecule has 0 radical (unpaired) electrons. The number of aliphatic carboxylic acids is 1. The standard InChI is InChI=1S/C24H20FNO4/c25-15-7-5-6-14(12-15)22(26)21(23(27)28)24(29)30-13-20-18-10-3-1-8-16(18)17-9-2-4-11-19(17)20/h1-12,20-22H,13,26H2,(H,27,28)/t21-,22?/m0/s1. The van der Waals surface area contributed by atoms with Crippen molar-refractivity contribution >= 4 is 11.9 Å². The molecule has 0 spiro atoms. The van der Waals surface area contributed by atoms with Gasteiger partial charge in [0.05, 0.1) is 6.04 Å². The quantitative estimate of drug-likeness (QED) is 0.480. The highest BCUT2D eigenvalue weighted by atomic mass is 19.1. The van der Waals surface area contributed by atoms with Crippen molar-refractivity contribution in [1.82, 2.24) is 0 Å². The molecule has 0 saturated carbocycles. The summed E-state index contributed by atoms with van der Waals surface area (Å²) in [7, 11) is 0. The van der Waals surface area contributed by atoms with Crippen LogP contribution in [0.4, 0.5) is 4.39 Å². The highest BCUT2D eigenvalue weighted by Gasteiger charge is 2.37. The Labute approximate surface area is 172 Å². The molecule has 0 heterocycles. The van der Waals surface area contributed by atoms with Crippen LogP contribution in [0.1, 0.15) is 28.7 Å². The minimum Gasteiger partial charge on any atom is -0.481 e. The number of fused-ring (bicyclic) bond motifs is 3. The lowest BCUT2D eigenvalue weighted by atomic mass is 9.93. The maximum atomic E-state index is 13.5. The summed E-state index contributed by atoms with van der Waals surface area (Å²) in [5.41, 5.74) is 10.4. The third kappa shape index (κ3) is 3.57. The van der Waals surface area contributed by atoms with Crippen LogP contribution >= 0.6 is 0 Å². The van der Waals surface area contributed by atoms with E-state index in [0.29, 0.717) is 0 Å². The van der Waals surface area contributed by atoms with Crippen LogP contribution in [0.3, 0.4) is 0 Å². The fraction of sp³-hybridized carbons (Fsp3) is 0.167. The molecule has 0 saturated heterocycles. The Morgan fingerprint density at radius 1 is 0.967 bits per heavy atom. The average molecular weight is 405 g/mol. The van der Waals surface area contributed by atoms with E-state index in [1.807, 2.05) is 48.5 Å². The number of rotatable bonds is 6. The maximum Gasteiger partial charge on any atom is 0.322 e. The lowest BCUT2D eigenvalue weighted by Crippen LogP contribution is -2.36. The number of nitrogens with two attached hydrogens (primary N) is 1. The molecule has 2 atom stereocenters. The van der Waals surface area contributed by atoms with Gasteiger partial charge in [0.15, 0.2) is 5.92 Å². The zero-order valence-corrected chi connectivity index (χ0v) is 16.0. The molecule has 0 amide bonds. The highest BCUT2D eigenvalue weighted by molar-refractivity contribution is 5.95. The number of halogens is 1. The van der Waals surface area contributed by atoms with Gasteiger partial charge in [-0.1, -0.05) is 60.7 Å². The predicted octanol–water partition coefficient (Wildman–Crippen LogP) is 3.88. The molecule has 3 N–H and O–H groups in total. The van der Waals surface area contributed by atoms with Gasteiger partial charge in [0, 0.05) is 5.92 Å². The maximum absolute atomic E-state index is 13.5. The lowest BCUT2D eigenvalue weighted by Gasteiger charge is -2.21. The average Bonchev–Trinajstić information content (AvgIpc) is 3.06. The number of carbonyl (C=O) groups excluding carboxylic acids is 1. The Morgan fingerprint density at radius 2 is 1.57 bits per heavy atom. The van der Waals surface area contributed by atoms with E-state index in [9.17, 15) is 19.1 Å². The number of carboxylic acid groups (broad SMARTS) is 1. The third-order valence-corrected chi connectivity index (χ3v) is 5.47. The van der Waals surface area contributed by atoms with Gasteiger partial charge in [0.2, 0.25) is 0 Å². The summed E-state index contributed by atoms with van der Waals surface area (Å²) in [5, 5.41) is 9.58. The molecule has 152 valence electrons. The Balaban J connectivity index is 1.55. The monoisotopic (exact) mass is 405 g/mol. The number of ether oxygens (including phenoxy) is 1. The number of carbonyl (C=O) groups is 2. The molecule has 0 aromatic heterocycles. The zero-order chi connectivity index (χ0) is 21.3. The van der Waals surface area contributed by atoms with Crippen molar-refractivity contribution in [1.29, 1.82) is 0 Å². The van der Waals surface area contributed by atoms with Gasteiger partial charge in [0.1, 0.15) is 12.4 Å². The van der Waals surface area contributed by atoms with E-state index < -0.39 is 29.7 Å². The third-order valence-electron chi connectivity index (χ3n) is 5.47. The molecule has 6 heteroatoms. The molecule has 5 nitrogen and oxygen atoms in total. The van der Waals surface area contributed by atoms with Crippen molar-refractivity contribution in [2.24, 2.45) is 11.7 Å². The first-order valence-corrected chi connectivity index (χ1v) is 9.56. The summed E-state index contributed by atoms with van der Waals surface area (Å²) in [6, 6.07) is 19.7. The van der Waals surface area contributed by atoms with Crippen LogP contribution in [0.5, 0.6) is 0 Å². The fourth-order valence-corrected chi connectivity index (χ4v) is 4.00. The van der Waals surface area contributed by atoms with Gasteiger partial charge in [0.25, 0.3) is 0 Å². The van der Waals surface area contributed by atoms with E-state index in [-0.39, 0.29) is 18.1 Å². The largest absolute Gasteiger partial charge is 0.481 e. The van der Waals surface area contributed by atoms with Crippen molar-refractivity contribution in [3.8, 4) is 11.1 Å². The minimum absolute atomic E-state index is 0.00743. The second-order valence-electron chi connectivity index (χ2n) is 7.25. The van der Waals surface area contributed by atoms with Gasteiger partial charge in [-0.05, 0) is 39.9 Å². The van der Waals surface area contributed by atoms with Crippen LogP contribution < -0.4 is 5.73 Å². The Kier molecular flexibility index (Phi) is 5.33. The second kappa shape index (κ2) is 8.08. The second-order valence-corrected chi connectivity index (χ2v) is 7.25. The van der Waals surface area contributed by atoms with E-state index >= 15 is 0 Å². The summed E-state index contributed by atoms with van der Waals surface area (Å²) < 4.78 is 19.0. The Morgan fingerprint density at radius 3 is 2.13 bits per heavy atom. The van der Waals surface area contributed by atoms with Gasteiger partial charge < -0.3 is 15.6 Å². The first kappa shape index (κ1) is 19.8. The first-order valence-electron chi connectivity index (χ1n) is 9.56. The van der Waals surface area contributed by atoms with Crippen LogP contribution in [0.15, 0.2) is 72.8 Å². The van der Waals surface area contributed by atoms with E-state index in [2.05, 4.69) is 0 Å². The Hall–Kier alpha value is -3.51. The van der Waals surface area contributed by atoms with Gasteiger partial charge in [-0.3, -0.25) is 9.59 Å². The fourth-order valence-electron chi connectivity index (χ4n) is 4.00. The summed E-state index contributed by atoms with van der Waals surface area (Å²) in [5.74, 6) is -4.75. The minimum atomic E-state index is -1.64. The van der Waals surface area contributed by atoms with Gasteiger partial charge in [-0.25, -0.2) is 4.39 Å². The van der Waals surface area contributed by atoms with Gasteiger partial charge in [-0.2, -0.15) is 0 Å². The normalized spacial score (nSPS) is 14.5. The molecule has 0 aliphatic heterocycles. The molecule has 4 rings (SSSR count). The number of esters is 1. The van der Waals surface area contributed by atoms with Crippen molar-refractivity contribution in [3.63, 3.8) is 0 Å². The number of hydrogen-bond acceptors (Lipinski definition) is 4. The highest BCUT2D eigenvalue weighted by Crippen LogP contribution is 2.44. The topological polar surface area (TPSA) is 89.6 Å². The van der Waals surface area contributed by atoms with Crippen LogP contribution in [0, 0.1) is 11.7 Å². The van der Waals surface area contributed by atoms with Crippen LogP contribution in [-0.2, 0) is 14.3 Å². The van der Waals surface area contributed by atoms with E-state index in [4.69, 9.17) is 10.5 Å². The van der Waals surface area contributed by atoms with E-state index in [1.54, 1.807) is 0 Å². The summed E-state index contributed by atoms with van der Waals surface area (Å²) in [4.78, 5) is 24.4. The van der Waals surface area contributed by atoms with Crippen molar-refractivity contribution in [3.05, 3.63) is 95.3 Å². The molecule has 1 aliphatic rings. The SMILES string of the molecule is NC(c1cccc(F)c1)[C@@H](C(=O)O)C(=O)OCC1c2ccccc2-c2ccccc21. The Bertz CT molecular complexity index is 1070. The predicted molar refractivity (Wildman–Crippen MR) is 109 cm³/mol. The van der Waals surface area contributed by atoms with E-state index in [0.717, 1.165) is 28.3 Å². The summed E-state index contributed by atoms with van der Waals surface area (Å²) in [6.07, 6.45) is 0. The van der Waals surface area contributed by atoms with Gasteiger partial charge in [-0.15, -0.1) is 0 Å². The number of hydrogen-bond donors (Lipinski definition) is 2. The molecule has 0 bridgehead atoms. The van der Waals surface area contributed by atoms with Crippen molar-refractivity contribution < 1.29 is 23.8 Å². The molecule has 30 heavy (non-hydrogen) atoms. The molecule has 1 aliphatic carbocycles. The van der Waals surface area contributed by atoms with Crippen LogP contribution in [0.2, 0.25) is 0 Å². The molecule has 3 aromatic carbocycles. The van der Waals surface area contributed by atoms with Crippen molar-refractivity contribution in [2.75, 3.05) is 6.61 Å². The number of benzene rings is 3. The van der Waals surface area contributed by atoms with Crippen molar-refractivity contribution in [2.45, 2.75) is 12.0 Å². The molecular formula is C24H20FNO4. The smallest absolute Gasteiger partial charge is 0.322 e. The lowest BCUT2D eigenvalue weighted by molar-refractivity contribution is -0.160. The molecular weight excluding hydrogens is 385 g/mol. The first-order chi connectivity index (χ1) is 14.5. The summed E-state index contributed by atoms with van der Waals surface area (Å²) in [6.45, 7) is -0.00743. The van der Waals surface area contributed by atoms with Crippen LogP contribution in [0.25, 0.3) is 11.1 Å². The summed E-state index contributed by atoms with van der Waals surface area (Å²) >= 11 is 0. The molecule has 1 unspecified atom stereocenters. The molecule has 3 aromatic rings. The zero-order valence-electron chi connectivity index (χ0n) is 16.0. The number of carboxylic acids is 1.